The molecule has 6 nitrogen and oxygen atoms in total. The smallest absolute Gasteiger partial charge is 0.327 e. The maximum atomic E-state index is 13.0. The normalized spacial score (nSPS) is 19.9. The van der Waals surface area contributed by atoms with Gasteiger partial charge in [-0.3, -0.25) is 14.5 Å². The van der Waals surface area contributed by atoms with Crippen LogP contribution in [0.4, 0.5) is 4.79 Å². The zero-order valence-corrected chi connectivity index (χ0v) is 18.0. The van der Waals surface area contributed by atoms with Crippen LogP contribution in [0.5, 0.6) is 0 Å². The number of carbonyl (C=O) groups is 3. The Labute approximate surface area is 173 Å². The molecule has 1 saturated carbocycles. The number of nitrogens with zero attached hydrogens (tertiary/aromatic N) is 2. The van der Waals surface area contributed by atoms with Gasteiger partial charge in [0.1, 0.15) is 12.1 Å². The molecule has 158 valence electrons. The minimum atomic E-state index is -0.743. The Bertz CT molecular complexity index is 766. The molecule has 0 aromatic heterocycles. The number of benzene rings is 1. The average molecular weight is 400 g/mol. The van der Waals surface area contributed by atoms with Gasteiger partial charge in [0.05, 0.1) is 6.04 Å². The van der Waals surface area contributed by atoms with Crippen LogP contribution in [0.2, 0.25) is 0 Å². The summed E-state index contributed by atoms with van der Waals surface area (Å²) in [5, 5.41) is 2.93. The first-order valence-corrected chi connectivity index (χ1v) is 10.7. The van der Waals surface area contributed by atoms with Crippen molar-refractivity contribution in [3.63, 3.8) is 0 Å². The molecule has 1 spiro atoms. The molecule has 1 aliphatic heterocycles. The number of amides is 4. The fourth-order valence-corrected chi connectivity index (χ4v) is 4.60. The lowest BCUT2D eigenvalue weighted by Gasteiger charge is -2.35. The lowest BCUT2D eigenvalue weighted by molar-refractivity contribution is -0.137. The molecule has 1 aliphatic carbocycles. The zero-order valence-electron chi connectivity index (χ0n) is 18.0. The van der Waals surface area contributed by atoms with Crippen molar-refractivity contribution in [3.05, 3.63) is 35.4 Å². The predicted octanol–water partition coefficient (Wildman–Crippen LogP) is 3.66. The fourth-order valence-electron chi connectivity index (χ4n) is 4.60. The Kier molecular flexibility index (Phi) is 6.30. The third-order valence-electron chi connectivity index (χ3n) is 6.29. The lowest BCUT2D eigenvalue weighted by atomic mass is 9.81. The van der Waals surface area contributed by atoms with Crippen molar-refractivity contribution in [1.82, 2.24) is 15.1 Å². The van der Waals surface area contributed by atoms with Gasteiger partial charge in [0.15, 0.2) is 0 Å². The van der Waals surface area contributed by atoms with E-state index >= 15 is 0 Å². The number of hydrogen-bond donors (Lipinski definition) is 1. The third kappa shape index (κ3) is 4.31. The highest BCUT2D eigenvalue weighted by Crippen LogP contribution is 2.39. The van der Waals surface area contributed by atoms with Crippen molar-refractivity contribution in [2.24, 2.45) is 5.92 Å². The van der Waals surface area contributed by atoms with Crippen LogP contribution in [0.25, 0.3) is 0 Å². The Morgan fingerprint density at radius 2 is 1.69 bits per heavy atom. The van der Waals surface area contributed by atoms with Crippen molar-refractivity contribution < 1.29 is 14.4 Å². The van der Waals surface area contributed by atoms with Gasteiger partial charge in [-0.05, 0) is 43.2 Å². The molecular formula is C23H33N3O3. The van der Waals surface area contributed by atoms with E-state index in [0.717, 1.165) is 36.1 Å². The number of imide groups is 1. The van der Waals surface area contributed by atoms with Crippen LogP contribution in [0, 0.1) is 5.92 Å². The van der Waals surface area contributed by atoms with Gasteiger partial charge in [0.2, 0.25) is 5.91 Å². The average Bonchev–Trinajstić information content (AvgIpc) is 2.85. The summed E-state index contributed by atoms with van der Waals surface area (Å²) in [4.78, 5) is 40.9. The molecule has 1 unspecified atom stereocenters. The van der Waals surface area contributed by atoms with Crippen LogP contribution in [0.1, 0.15) is 70.0 Å². The summed E-state index contributed by atoms with van der Waals surface area (Å²) < 4.78 is 0. The van der Waals surface area contributed by atoms with Crippen molar-refractivity contribution in [3.8, 4) is 0 Å². The van der Waals surface area contributed by atoms with E-state index < -0.39 is 5.54 Å². The number of rotatable bonds is 6. The maximum Gasteiger partial charge on any atom is 0.327 e. The van der Waals surface area contributed by atoms with Crippen LogP contribution in [-0.2, 0) is 16.0 Å². The molecule has 0 bridgehead atoms. The van der Waals surface area contributed by atoms with Crippen LogP contribution in [-0.4, -0.2) is 46.8 Å². The third-order valence-corrected chi connectivity index (χ3v) is 6.29. The molecule has 29 heavy (non-hydrogen) atoms. The molecule has 1 heterocycles. The zero-order chi connectivity index (χ0) is 21.2. The summed E-state index contributed by atoms with van der Waals surface area (Å²) >= 11 is 0. The van der Waals surface area contributed by atoms with Gasteiger partial charge >= 0.3 is 6.03 Å². The van der Waals surface area contributed by atoms with E-state index in [2.05, 4.69) is 31.3 Å². The molecule has 2 aliphatic rings. The standard InChI is InChI=1S/C23H33N3O3/c1-16(2)14-18-8-10-19(11-9-18)17(3)24-20(27)15-26-21(28)23(25(4)22(26)29)12-6-5-7-13-23/h8-11,16-17H,5-7,12-15H2,1-4H3,(H,24,27). The first-order chi connectivity index (χ1) is 13.7. The van der Waals surface area contributed by atoms with E-state index in [1.165, 1.54) is 5.56 Å². The summed E-state index contributed by atoms with van der Waals surface area (Å²) in [6.45, 7) is 6.07. The molecule has 6 heteroatoms. The van der Waals surface area contributed by atoms with E-state index in [9.17, 15) is 14.4 Å². The van der Waals surface area contributed by atoms with E-state index in [1.807, 2.05) is 19.1 Å². The Hall–Kier alpha value is -2.37. The molecule has 2 fully saturated rings. The van der Waals surface area contributed by atoms with Crippen molar-refractivity contribution in [2.45, 2.75) is 70.9 Å². The van der Waals surface area contributed by atoms with Crippen LogP contribution in [0.15, 0.2) is 24.3 Å². The van der Waals surface area contributed by atoms with Crippen molar-refractivity contribution in [1.29, 1.82) is 0 Å². The molecule has 1 N–H and O–H groups in total. The second kappa shape index (κ2) is 8.56. The van der Waals surface area contributed by atoms with Crippen LogP contribution < -0.4 is 5.32 Å². The highest BCUT2D eigenvalue weighted by Gasteiger charge is 2.55. The minimum Gasteiger partial charge on any atom is -0.348 e. The number of hydrogen-bond acceptors (Lipinski definition) is 3. The summed E-state index contributed by atoms with van der Waals surface area (Å²) in [6, 6.07) is 7.68. The minimum absolute atomic E-state index is 0.190. The number of nitrogens with one attached hydrogen (secondary N) is 1. The van der Waals surface area contributed by atoms with E-state index in [-0.39, 0.29) is 30.4 Å². The fraction of sp³-hybridized carbons (Fsp3) is 0.609. The Morgan fingerprint density at radius 1 is 1.07 bits per heavy atom. The van der Waals surface area contributed by atoms with Crippen LogP contribution in [0.3, 0.4) is 0 Å². The van der Waals surface area contributed by atoms with Crippen molar-refractivity contribution in [2.75, 3.05) is 13.6 Å². The molecule has 1 aromatic rings. The second-order valence-corrected chi connectivity index (χ2v) is 8.95. The summed E-state index contributed by atoms with van der Waals surface area (Å²) in [6.07, 6.45) is 5.36. The first-order valence-electron chi connectivity index (χ1n) is 10.7. The molecular weight excluding hydrogens is 366 g/mol. The quantitative estimate of drug-likeness (QED) is 0.742. The number of urea groups is 1. The predicted molar refractivity (Wildman–Crippen MR) is 112 cm³/mol. The molecule has 1 atom stereocenters. The van der Waals surface area contributed by atoms with Crippen LogP contribution >= 0.6 is 0 Å². The second-order valence-electron chi connectivity index (χ2n) is 8.95. The van der Waals surface area contributed by atoms with Gasteiger partial charge in [-0.15, -0.1) is 0 Å². The monoisotopic (exact) mass is 399 g/mol. The lowest BCUT2D eigenvalue weighted by Crippen LogP contribution is -2.49. The molecule has 3 rings (SSSR count). The maximum absolute atomic E-state index is 13.0. The van der Waals surface area contributed by atoms with Crippen molar-refractivity contribution >= 4 is 17.8 Å². The largest absolute Gasteiger partial charge is 0.348 e. The van der Waals surface area contributed by atoms with Gasteiger partial charge in [-0.25, -0.2) is 4.79 Å². The number of carbonyl (C=O) groups excluding carboxylic acids is 3. The van der Waals surface area contributed by atoms with Gasteiger partial charge in [-0.1, -0.05) is 57.4 Å². The Morgan fingerprint density at radius 3 is 2.28 bits per heavy atom. The highest BCUT2D eigenvalue weighted by molar-refractivity contribution is 6.08. The van der Waals surface area contributed by atoms with E-state index in [0.29, 0.717) is 18.8 Å². The van der Waals surface area contributed by atoms with Gasteiger partial charge < -0.3 is 10.2 Å². The Balaban J connectivity index is 1.61. The van der Waals surface area contributed by atoms with Gasteiger partial charge in [0.25, 0.3) is 5.91 Å². The molecule has 4 amide bonds. The molecule has 0 radical (unpaired) electrons. The molecule has 1 aromatic carbocycles. The van der Waals surface area contributed by atoms with Gasteiger partial charge in [0, 0.05) is 7.05 Å². The topological polar surface area (TPSA) is 69.7 Å². The SMILES string of the molecule is CC(C)Cc1ccc(C(C)NC(=O)CN2C(=O)N(C)C3(CCCCC3)C2=O)cc1. The van der Waals surface area contributed by atoms with E-state index in [1.54, 1.807) is 11.9 Å². The van der Waals surface area contributed by atoms with E-state index in [4.69, 9.17) is 0 Å². The summed E-state index contributed by atoms with van der Waals surface area (Å²) in [7, 11) is 1.69. The number of likely N-dealkylation sites (N-methyl/N-ethyl adjacent to an activating group) is 1. The molecule has 1 saturated heterocycles. The highest BCUT2D eigenvalue weighted by atomic mass is 16.2. The first kappa shape index (κ1) is 21.3. The van der Waals surface area contributed by atoms with Gasteiger partial charge in [-0.2, -0.15) is 0 Å². The summed E-state index contributed by atoms with van der Waals surface area (Å²) in [5.74, 6) is 0.0661. The summed E-state index contributed by atoms with van der Waals surface area (Å²) in [5.41, 5.74) is 1.54.